The summed E-state index contributed by atoms with van der Waals surface area (Å²) in [6, 6.07) is -0.0788. The molecule has 8 heteroatoms. The predicted octanol–water partition coefficient (Wildman–Crippen LogP) is 0.767. The topological polar surface area (TPSA) is 73.7 Å². The fourth-order valence-corrected chi connectivity index (χ4v) is 4.93. The second-order valence-electron chi connectivity index (χ2n) is 5.88. The van der Waals surface area contributed by atoms with E-state index in [0.717, 1.165) is 19.3 Å². The van der Waals surface area contributed by atoms with E-state index in [0.29, 0.717) is 19.8 Å². The van der Waals surface area contributed by atoms with Crippen LogP contribution in [-0.4, -0.2) is 60.3 Å². The maximum atomic E-state index is 12.7. The van der Waals surface area contributed by atoms with Crippen molar-refractivity contribution < 1.29 is 17.9 Å². The molecule has 0 bridgehead atoms. The number of aromatic nitrogens is 2. The first-order valence-electron chi connectivity index (χ1n) is 7.75. The highest BCUT2D eigenvalue weighted by Gasteiger charge is 2.45. The lowest BCUT2D eigenvalue weighted by molar-refractivity contribution is -0.0924. The van der Waals surface area contributed by atoms with Crippen molar-refractivity contribution >= 4 is 10.0 Å². The summed E-state index contributed by atoms with van der Waals surface area (Å²) >= 11 is 0. The lowest BCUT2D eigenvalue weighted by Gasteiger charge is -2.35. The van der Waals surface area contributed by atoms with Crippen molar-refractivity contribution in [3.63, 3.8) is 0 Å². The summed E-state index contributed by atoms with van der Waals surface area (Å²) in [6.07, 6.45) is 5.49. The number of hydrogen-bond acceptors (Lipinski definition) is 5. The standard InChI is InChI=1S/C14H23N3O4S/c1-3-20-9-11-4-5-12-13(21-11)6-7-17(12)22(18,19)14-8-16(2)10-15-14/h8,10-13H,3-7,9H2,1-2H3/t11-,12+,13+/m1/s1. The number of imidazole rings is 1. The van der Waals surface area contributed by atoms with Gasteiger partial charge in [-0.2, -0.15) is 4.31 Å². The van der Waals surface area contributed by atoms with Gasteiger partial charge in [-0.3, -0.25) is 0 Å². The lowest BCUT2D eigenvalue weighted by atomic mass is 10.0. The Kier molecular flexibility index (Phi) is 4.54. The Morgan fingerprint density at radius 2 is 2.23 bits per heavy atom. The van der Waals surface area contributed by atoms with Crippen LogP contribution in [0, 0.1) is 0 Å². The maximum Gasteiger partial charge on any atom is 0.262 e. The highest BCUT2D eigenvalue weighted by molar-refractivity contribution is 7.89. The quantitative estimate of drug-likeness (QED) is 0.798. The molecule has 2 saturated heterocycles. The molecule has 3 atom stereocenters. The van der Waals surface area contributed by atoms with Gasteiger partial charge in [0.2, 0.25) is 0 Å². The van der Waals surface area contributed by atoms with Gasteiger partial charge in [-0.25, -0.2) is 13.4 Å². The van der Waals surface area contributed by atoms with Crippen LogP contribution in [0.25, 0.3) is 0 Å². The van der Waals surface area contributed by atoms with E-state index in [9.17, 15) is 8.42 Å². The van der Waals surface area contributed by atoms with Crippen molar-refractivity contribution in [3.05, 3.63) is 12.5 Å². The Hall–Kier alpha value is -0.960. The first kappa shape index (κ1) is 15.9. The van der Waals surface area contributed by atoms with Gasteiger partial charge in [0.25, 0.3) is 10.0 Å². The average molecular weight is 329 g/mol. The first-order chi connectivity index (χ1) is 10.5. The normalized spacial score (nSPS) is 29.6. The van der Waals surface area contributed by atoms with Gasteiger partial charge in [0.15, 0.2) is 5.03 Å². The van der Waals surface area contributed by atoms with Crippen molar-refractivity contribution in [1.29, 1.82) is 0 Å². The Balaban J connectivity index is 1.71. The van der Waals surface area contributed by atoms with Gasteiger partial charge in [0.05, 0.1) is 31.2 Å². The van der Waals surface area contributed by atoms with Crippen LogP contribution in [0.5, 0.6) is 0 Å². The largest absolute Gasteiger partial charge is 0.379 e. The predicted molar refractivity (Wildman–Crippen MR) is 79.9 cm³/mol. The van der Waals surface area contributed by atoms with Crippen molar-refractivity contribution in [2.24, 2.45) is 7.05 Å². The zero-order chi connectivity index (χ0) is 15.7. The van der Waals surface area contributed by atoms with E-state index in [1.165, 1.54) is 6.33 Å². The number of nitrogens with zero attached hydrogens (tertiary/aromatic N) is 3. The number of aryl methyl sites for hydroxylation is 1. The van der Waals surface area contributed by atoms with Crippen molar-refractivity contribution in [1.82, 2.24) is 13.9 Å². The van der Waals surface area contributed by atoms with Gasteiger partial charge in [-0.05, 0) is 26.2 Å². The van der Waals surface area contributed by atoms with Gasteiger partial charge in [0, 0.05) is 26.4 Å². The number of sulfonamides is 1. The molecule has 0 saturated carbocycles. The van der Waals surface area contributed by atoms with E-state index in [4.69, 9.17) is 9.47 Å². The fraction of sp³-hybridized carbons (Fsp3) is 0.786. The molecule has 22 heavy (non-hydrogen) atoms. The third kappa shape index (κ3) is 2.92. The molecule has 3 heterocycles. The molecule has 1 aromatic rings. The smallest absolute Gasteiger partial charge is 0.262 e. The molecule has 3 rings (SSSR count). The van der Waals surface area contributed by atoms with Crippen LogP contribution < -0.4 is 0 Å². The zero-order valence-electron chi connectivity index (χ0n) is 13.0. The fourth-order valence-electron chi connectivity index (χ4n) is 3.27. The van der Waals surface area contributed by atoms with E-state index in [1.54, 1.807) is 22.1 Å². The summed E-state index contributed by atoms with van der Waals surface area (Å²) in [4.78, 5) is 4.00. The van der Waals surface area contributed by atoms with Gasteiger partial charge in [0.1, 0.15) is 0 Å². The second-order valence-corrected chi connectivity index (χ2v) is 7.72. The lowest BCUT2D eigenvalue weighted by Crippen LogP contribution is -2.45. The van der Waals surface area contributed by atoms with E-state index in [1.807, 2.05) is 6.92 Å². The third-order valence-electron chi connectivity index (χ3n) is 4.35. The molecule has 0 unspecified atom stereocenters. The van der Waals surface area contributed by atoms with E-state index in [2.05, 4.69) is 4.98 Å². The van der Waals surface area contributed by atoms with Crippen molar-refractivity contribution in [2.75, 3.05) is 19.8 Å². The minimum atomic E-state index is -3.53. The van der Waals surface area contributed by atoms with Gasteiger partial charge in [-0.15, -0.1) is 0 Å². The van der Waals surface area contributed by atoms with Gasteiger partial charge in [-0.1, -0.05) is 0 Å². The first-order valence-corrected chi connectivity index (χ1v) is 9.19. The third-order valence-corrected chi connectivity index (χ3v) is 6.16. The van der Waals surface area contributed by atoms with Crippen LogP contribution in [0.2, 0.25) is 0 Å². The van der Waals surface area contributed by atoms with Crippen LogP contribution in [-0.2, 0) is 26.5 Å². The molecular weight excluding hydrogens is 306 g/mol. The molecule has 0 N–H and O–H groups in total. The van der Waals surface area contributed by atoms with Gasteiger partial charge < -0.3 is 14.0 Å². The molecular formula is C14H23N3O4S. The monoisotopic (exact) mass is 329 g/mol. The number of hydrogen-bond donors (Lipinski definition) is 0. The summed E-state index contributed by atoms with van der Waals surface area (Å²) in [5.74, 6) is 0. The molecule has 2 fully saturated rings. The second kappa shape index (κ2) is 6.27. The SMILES string of the molecule is CCOC[C@H]1CC[C@H]2[C@H](CCN2S(=O)(=O)c2cn(C)cn2)O1. The summed E-state index contributed by atoms with van der Waals surface area (Å²) in [7, 11) is -1.77. The zero-order valence-corrected chi connectivity index (χ0v) is 13.8. The summed E-state index contributed by atoms with van der Waals surface area (Å²) in [5, 5.41) is 0.118. The Morgan fingerprint density at radius 3 is 2.91 bits per heavy atom. The number of rotatable bonds is 5. The summed E-state index contributed by atoms with van der Waals surface area (Å²) in [6.45, 7) is 3.72. The van der Waals surface area contributed by atoms with Crippen LogP contribution in [0.4, 0.5) is 0 Å². The van der Waals surface area contributed by atoms with E-state index < -0.39 is 10.0 Å². The Morgan fingerprint density at radius 1 is 1.41 bits per heavy atom. The highest BCUT2D eigenvalue weighted by atomic mass is 32.2. The van der Waals surface area contributed by atoms with Crippen LogP contribution in [0.1, 0.15) is 26.2 Å². The van der Waals surface area contributed by atoms with Crippen molar-refractivity contribution in [2.45, 2.75) is 49.5 Å². The molecule has 124 valence electrons. The molecule has 1 aromatic heterocycles. The minimum Gasteiger partial charge on any atom is -0.379 e. The van der Waals surface area contributed by atoms with E-state index >= 15 is 0 Å². The molecule has 0 aromatic carbocycles. The van der Waals surface area contributed by atoms with Crippen LogP contribution in [0.15, 0.2) is 17.6 Å². The molecule has 2 aliphatic heterocycles. The molecule has 0 amide bonds. The molecule has 0 radical (unpaired) electrons. The summed E-state index contributed by atoms with van der Waals surface area (Å²) < 4.78 is 40.1. The molecule has 0 spiro atoms. The number of ether oxygens (including phenoxy) is 2. The molecule has 0 aliphatic carbocycles. The van der Waals surface area contributed by atoms with E-state index in [-0.39, 0.29) is 23.3 Å². The molecule has 7 nitrogen and oxygen atoms in total. The van der Waals surface area contributed by atoms with Crippen LogP contribution in [0.3, 0.4) is 0 Å². The number of fused-ring (bicyclic) bond motifs is 1. The Bertz CT molecular complexity index is 615. The summed E-state index contributed by atoms with van der Waals surface area (Å²) in [5.41, 5.74) is 0. The van der Waals surface area contributed by atoms with Crippen LogP contribution >= 0.6 is 0 Å². The minimum absolute atomic E-state index is 0.0299. The van der Waals surface area contributed by atoms with Crippen molar-refractivity contribution in [3.8, 4) is 0 Å². The Labute approximate surface area is 131 Å². The average Bonchev–Trinajstić information content (AvgIpc) is 3.11. The van der Waals surface area contributed by atoms with Gasteiger partial charge >= 0.3 is 0 Å². The maximum absolute atomic E-state index is 12.7. The highest BCUT2D eigenvalue weighted by Crippen LogP contribution is 2.34. The molecule has 2 aliphatic rings.